The summed E-state index contributed by atoms with van der Waals surface area (Å²) >= 11 is 0. The van der Waals surface area contributed by atoms with E-state index in [0.717, 1.165) is 44.3 Å². The minimum absolute atomic E-state index is 0.661. The number of fused-ring (bicyclic) bond motifs is 16. The van der Waals surface area contributed by atoms with Gasteiger partial charge in [-0.3, -0.25) is 4.57 Å². The quantitative estimate of drug-likeness (QED) is 0.183. The molecule has 5 heteroatoms. The Hall–Kier alpha value is -7.24. The fraction of sp³-hybridized carbons (Fsp3) is 0. The van der Waals surface area contributed by atoms with Crippen molar-refractivity contribution in [2.75, 3.05) is 0 Å². The van der Waals surface area contributed by atoms with E-state index in [2.05, 4.69) is 148 Å². The smallest absolute Gasteiger partial charge is 0.197 e. The molecule has 0 aliphatic heterocycles. The van der Waals surface area contributed by atoms with Gasteiger partial charge in [0.1, 0.15) is 11.1 Å². The number of nitrogens with zero attached hydrogens (tertiary/aromatic N) is 4. The zero-order valence-electron chi connectivity index (χ0n) is 28.2. The molecule has 0 bridgehead atoms. The first-order chi connectivity index (χ1) is 26.3. The molecule has 0 aliphatic carbocycles. The Morgan fingerprint density at radius 2 is 1.11 bits per heavy atom. The third kappa shape index (κ3) is 3.46. The summed E-state index contributed by atoms with van der Waals surface area (Å²) in [7, 11) is 0. The van der Waals surface area contributed by atoms with Crippen molar-refractivity contribution >= 4 is 104 Å². The molecule has 5 aromatic heterocycles. The van der Waals surface area contributed by atoms with Gasteiger partial charge in [-0.25, -0.2) is 9.97 Å². The highest BCUT2D eigenvalue weighted by atomic mass is 16.3. The fourth-order valence-corrected chi connectivity index (χ4v) is 9.19. The Balaban J connectivity index is 1.27. The van der Waals surface area contributed by atoms with E-state index >= 15 is 0 Å². The van der Waals surface area contributed by atoms with Crippen LogP contribution in [0.25, 0.3) is 121 Å². The molecule has 244 valence electrons. The molecular weight excluding hydrogens is 649 g/mol. The van der Waals surface area contributed by atoms with Crippen LogP contribution in [-0.2, 0) is 0 Å². The van der Waals surface area contributed by atoms with Gasteiger partial charge in [0.05, 0.1) is 27.6 Å². The normalized spacial score (nSPS) is 12.5. The van der Waals surface area contributed by atoms with Gasteiger partial charge >= 0.3 is 0 Å². The first-order valence-electron chi connectivity index (χ1n) is 18.0. The molecule has 0 saturated carbocycles. The molecular formula is C48H26N4O. The van der Waals surface area contributed by atoms with Gasteiger partial charge in [0.2, 0.25) is 0 Å². The number of rotatable bonds is 2. The molecule has 5 heterocycles. The Morgan fingerprint density at radius 1 is 0.434 bits per heavy atom. The van der Waals surface area contributed by atoms with Crippen LogP contribution >= 0.6 is 0 Å². The number of para-hydroxylation sites is 3. The Morgan fingerprint density at radius 3 is 2.00 bits per heavy atom. The molecule has 0 atom stereocenters. The van der Waals surface area contributed by atoms with Gasteiger partial charge in [-0.2, -0.15) is 0 Å². The van der Waals surface area contributed by atoms with E-state index in [9.17, 15) is 0 Å². The molecule has 13 aromatic rings. The van der Waals surface area contributed by atoms with Crippen LogP contribution in [0.4, 0.5) is 0 Å². The van der Waals surface area contributed by atoms with Crippen LogP contribution in [0.1, 0.15) is 0 Å². The van der Waals surface area contributed by atoms with Crippen LogP contribution in [0, 0.1) is 0 Å². The Bertz CT molecular complexity index is 3700. The lowest BCUT2D eigenvalue weighted by atomic mass is 9.98. The summed E-state index contributed by atoms with van der Waals surface area (Å²) in [5, 5.41) is 13.2. The number of hydrogen-bond acceptors (Lipinski definition) is 3. The molecule has 0 radical (unpaired) electrons. The molecule has 0 N–H and O–H groups in total. The number of hydrogen-bond donors (Lipinski definition) is 0. The predicted octanol–water partition coefficient (Wildman–Crippen LogP) is 12.6. The molecule has 0 aliphatic rings. The molecule has 5 nitrogen and oxygen atoms in total. The molecule has 0 unspecified atom stereocenters. The third-order valence-electron chi connectivity index (χ3n) is 11.4. The van der Waals surface area contributed by atoms with Crippen LogP contribution in [0.2, 0.25) is 0 Å². The van der Waals surface area contributed by atoms with E-state index in [1.165, 1.54) is 65.0 Å². The minimum atomic E-state index is 0.661. The van der Waals surface area contributed by atoms with Crippen molar-refractivity contribution in [3.05, 3.63) is 158 Å². The topological polar surface area (TPSA) is 48.3 Å². The van der Waals surface area contributed by atoms with E-state index in [1.54, 1.807) is 0 Å². The van der Waals surface area contributed by atoms with E-state index in [0.29, 0.717) is 11.4 Å². The van der Waals surface area contributed by atoms with Crippen LogP contribution in [0.3, 0.4) is 0 Å². The maximum Gasteiger partial charge on any atom is 0.197 e. The summed E-state index contributed by atoms with van der Waals surface area (Å²) in [4.78, 5) is 10.7. The third-order valence-corrected chi connectivity index (χ3v) is 11.4. The first kappa shape index (κ1) is 27.5. The van der Waals surface area contributed by atoms with Crippen LogP contribution in [-0.4, -0.2) is 18.9 Å². The summed E-state index contributed by atoms with van der Waals surface area (Å²) < 4.78 is 11.5. The number of benzene rings is 8. The summed E-state index contributed by atoms with van der Waals surface area (Å²) in [6, 6.07) is 56.3. The number of furan rings is 1. The van der Waals surface area contributed by atoms with E-state index in [-0.39, 0.29) is 0 Å². The Labute approximate surface area is 300 Å². The molecule has 0 saturated heterocycles. The van der Waals surface area contributed by atoms with E-state index < -0.39 is 0 Å². The highest BCUT2D eigenvalue weighted by Crippen LogP contribution is 2.48. The molecule has 0 spiro atoms. The van der Waals surface area contributed by atoms with Gasteiger partial charge in [0.25, 0.3) is 0 Å². The standard InChI is InChI=1S/C48H26N4O/c1-2-13-29-25-30(22-21-27(29)11-1)47-49-44-34-17-7-10-20-40(34)53-46(44)48(50-47)52-37-19-9-6-16-33(37)42-39(52)26-35-32-15-5-8-18-36(32)51-38-24-23-28-12-3-4-14-31(28)41(38)43(42)45(35)51/h1-26H. The van der Waals surface area contributed by atoms with Crippen molar-refractivity contribution in [3.8, 4) is 17.2 Å². The van der Waals surface area contributed by atoms with Crippen LogP contribution < -0.4 is 0 Å². The van der Waals surface area contributed by atoms with Crippen molar-refractivity contribution in [2.45, 2.75) is 0 Å². The second-order valence-corrected chi connectivity index (χ2v) is 14.1. The van der Waals surface area contributed by atoms with Gasteiger partial charge in [0.15, 0.2) is 17.2 Å². The van der Waals surface area contributed by atoms with Crippen LogP contribution in [0.5, 0.6) is 0 Å². The SMILES string of the molecule is c1ccc2cc(-c3nc(-n4c5ccccc5c5c6c7c8ccccc8ccc7n7c8ccccc8c(cc54)c67)c4oc5ccccc5c4n3)ccc2c1. The molecule has 53 heavy (non-hydrogen) atoms. The lowest BCUT2D eigenvalue weighted by Gasteiger charge is -2.11. The van der Waals surface area contributed by atoms with Crippen molar-refractivity contribution < 1.29 is 4.42 Å². The van der Waals surface area contributed by atoms with Crippen LogP contribution in [0.15, 0.2) is 162 Å². The molecule has 8 aromatic carbocycles. The van der Waals surface area contributed by atoms with Crippen molar-refractivity contribution in [2.24, 2.45) is 0 Å². The maximum atomic E-state index is 6.74. The highest BCUT2D eigenvalue weighted by molar-refractivity contribution is 6.39. The summed E-state index contributed by atoms with van der Waals surface area (Å²) in [5.41, 5.74) is 9.06. The van der Waals surface area contributed by atoms with Crippen molar-refractivity contribution in [1.29, 1.82) is 0 Å². The second kappa shape index (κ2) is 9.75. The van der Waals surface area contributed by atoms with E-state index in [1.807, 2.05) is 18.2 Å². The zero-order chi connectivity index (χ0) is 34.4. The summed E-state index contributed by atoms with van der Waals surface area (Å²) in [5.74, 6) is 1.39. The largest absolute Gasteiger partial charge is 0.450 e. The number of aromatic nitrogens is 4. The van der Waals surface area contributed by atoms with Gasteiger partial charge in [0, 0.05) is 43.3 Å². The lowest BCUT2D eigenvalue weighted by Crippen LogP contribution is -2.02. The molecule has 13 rings (SSSR count). The Kier molecular flexibility index (Phi) is 5.06. The summed E-state index contributed by atoms with van der Waals surface area (Å²) in [6.45, 7) is 0. The zero-order valence-corrected chi connectivity index (χ0v) is 28.2. The fourth-order valence-electron chi connectivity index (χ4n) is 9.19. The van der Waals surface area contributed by atoms with Gasteiger partial charge < -0.3 is 8.82 Å². The minimum Gasteiger partial charge on any atom is -0.450 e. The molecule has 0 amide bonds. The average molecular weight is 675 g/mol. The van der Waals surface area contributed by atoms with Crippen molar-refractivity contribution in [3.63, 3.8) is 0 Å². The lowest BCUT2D eigenvalue weighted by molar-refractivity contribution is 0.662. The predicted molar refractivity (Wildman–Crippen MR) is 219 cm³/mol. The highest BCUT2D eigenvalue weighted by Gasteiger charge is 2.27. The summed E-state index contributed by atoms with van der Waals surface area (Å²) in [6.07, 6.45) is 0. The molecule has 0 fully saturated rings. The van der Waals surface area contributed by atoms with Crippen molar-refractivity contribution in [1.82, 2.24) is 18.9 Å². The van der Waals surface area contributed by atoms with Gasteiger partial charge in [-0.05, 0) is 64.0 Å². The monoisotopic (exact) mass is 674 g/mol. The average Bonchev–Trinajstić information content (AvgIpc) is 3.95. The first-order valence-corrected chi connectivity index (χ1v) is 18.0. The van der Waals surface area contributed by atoms with Gasteiger partial charge in [-0.1, -0.05) is 115 Å². The van der Waals surface area contributed by atoms with E-state index in [4.69, 9.17) is 14.4 Å². The second-order valence-electron chi connectivity index (χ2n) is 14.1. The maximum absolute atomic E-state index is 6.74. The van der Waals surface area contributed by atoms with Gasteiger partial charge in [-0.15, -0.1) is 0 Å².